The molecular weight excluding hydrogens is 336 g/mol. The molecule has 134 valence electrons. The Balaban J connectivity index is 1.50. The number of rotatable bonds is 1. The van der Waals surface area contributed by atoms with Gasteiger partial charge < -0.3 is 9.88 Å². The van der Waals surface area contributed by atoms with Gasteiger partial charge in [-0.3, -0.25) is 4.79 Å². The lowest BCUT2D eigenvalue weighted by atomic mass is 9.85. The molecule has 0 bridgehead atoms. The zero-order chi connectivity index (χ0) is 18.5. The second kappa shape index (κ2) is 5.95. The monoisotopic (exact) mass is 356 g/mol. The SMILES string of the molecule is Cc1c(C#N)ccc2c1[C@H]1CCCN(C(=O)c3ccc4nc[nH]c4c3)[C@H]1C2. The molecule has 2 atom stereocenters. The minimum Gasteiger partial charge on any atom is -0.345 e. The smallest absolute Gasteiger partial charge is 0.254 e. The number of aromatic amines is 1. The van der Waals surface area contributed by atoms with E-state index >= 15 is 0 Å². The molecule has 2 heterocycles. The molecule has 1 N–H and O–H groups in total. The fourth-order valence-corrected chi connectivity index (χ4v) is 4.96. The summed E-state index contributed by atoms with van der Waals surface area (Å²) in [4.78, 5) is 22.7. The van der Waals surface area contributed by atoms with Crippen LogP contribution in [0.1, 0.15) is 51.4 Å². The van der Waals surface area contributed by atoms with Crippen LogP contribution < -0.4 is 0 Å². The summed E-state index contributed by atoms with van der Waals surface area (Å²) >= 11 is 0. The van der Waals surface area contributed by atoms with Crippen molar-refractivity contribution in [2.24, 2.45) is 0 Å². The highest BCUT2D eigenvalue weighted by Gasteiger charge is 2.42. The summed E-state index contributed by atoms with van der Waals surface area (Å²) in [6.07, 6.45) is 4.61. The fourth-order valence-electron chi connectivity index (χ4n) is 4.96. The molecule has 1 amide bonds. The maximum Gasteiger partial charge on any atom is 0.254 e. The summed E-state index contributed by atoms with van der Waals surface area (Å²) in [6, 6.07) is 12.2. The van der Waals surface area contributed by atoms with E-state index in [1.54, 1.807) is 6.33 Å². The molecule has 5 nitrogen and oxygen atoms in total. The van der Waals surface area contributed by atoms with Gasteiger partial charge in [0.25, 0.3) is 5.91 Å². The third kappa shape index (κ3) is 2.37. The molecule has 5 heteroatoms. The van der Waals surface area contributed by atoms with Crippen LogP contribution in [-0.4, -0.2) is 33.4 Å². The predicted octanol–water partition coefficient (Wildman–Crippen LogP) is 3.69. The standard InChI is InChI=1S/C22H20N4O/c1-13-16(11-23)5-4-14-10-20-17(21(13)14)3-2-8-26(20)22(27)15-6-7-18-19(9-15)25-12-24-18/h4-7,9,12,17,20H,2-3,8,10H2,1H3,(H,24,25)/t17-,20-/m0/s1. The van der Waals surface area contributed by atoms with Gasteiger partial charge in [0.1, 0.15) is 0 Å². The predicted molar refractivity (Wildman–Crippen MR) is 102 cm³/mol. The Morgan fingerprint density at radius 1 is 1.33 bits per heavy atom. The van der Waals surface area contributed by atoms with Gasteiger partial charge in [-0.1, -0.05) is 6.07 Å². The number of amides is 1. The number of imidazole rings is 1. The molecule has 2 aromatic carbocycles. The largest absolute Gasteiger partial charge is 0.345 e. The van der Waals surface area contributed by atoms with Crippen LogP contribution >= 0.6 is 0 Å². The molecule has 0 unspecified atom stereocenters. The van der Waals surface area contributed by atoms with Gasteiger partial charge in [-0.25, -0.2) is 4.98 Å². The van der Waals surface area contributed by atoms with Gasteiger partial charge >= 0.3 is 0 Å². The number of carbonyl (C=O) groups is 1. The van der Waals surface area contributed by atoms with Gasteiger partial charge in [0.15, 0.2) is 0 Å². The molecule has 1 aliphatic heterocycles. The molecule has 1 aromatic heterocycles. The number of carbonyl (C=O) groups excluding carboxylic acids is 1. The number of fused-ring (bicyclic) bond motifs is 4. The van der Waals surface area contributed by atoms with E-state index in [0.29, 0.717) is 11.5 Å². The molecule has 2 aliphatic rings. The second-order valence-corrected chi connectivity index (χ2v) is 7.58. The number of hydrogen-bond acceptors (Lipinski definition) is 3. The molecule has 0 radical (unpaired) electrons. The zero-order valence-corrected chi connectivity index (χ0v) is 15.2. The highest BCUT2D eigenvalue weighted by atomic mass is 16.2. The first kappa shape index (κ1) is 16.1. The summed E-state index contributed by atoms with van der Waals surface area (Å²) in [5.74, 6) is 0.425. The number of H-pyrrole nitrogens is 1. The van der Waals surface area contributed by atoms with E-state index in [-0.39, 0.29) is 11.9 Å². The molecule has 1 fully saturated rings. The van der Waals surface area contributed by atoms with Crippen LogP contribution in [0.15, 0.2) is 36.7 Å². The number of aromatic nitrogens is 2. The molecular formula is C22H20N4O. The van der Waals surface area contributed by atoms with E-state index < -0.39 is 0 Å². The number of piperidine rings is 1. The molecule has 1 saturated heterocycles. The van der Waals surface area contributed by atoms with Crippen molar-refractivity contribution < 1.29 is 4.79 Å². The maximum absolute atomic E-state index is 13.3. The van der Waals surface area contributed by atoms with Gasteiger partial charge in [-0.05, 0) is 67.1 Å². The minimum absolute atomic E-state index is 0.0900. The Hall–Kier alpha value is -3.13. The van der Waals surface area contributed by atoms with Gasteiger partial charge in [0.2, 0.25) is 0 Å². The van der Waals surface area contributed by atoms with Crippen LogP contribution in [0.2, 0.25) is 0 Å². The molecule has 27 heavy (non-hydrogen) atoms. The van der Waals surface area contributed by atoms with Gasteiger partial charge in [-0.15, -0.1) is 0 Å². The number of nitrogens with zero attached hydrogens (tertiary/aromatic N) is 3. The van der Waals surface area contributed by atoms with Crippen LogP contribution in [0.25, 0.3) is 11.0 Å². The quantitative estimate of drug-likeness (QED) is 0.723. The zero-order valence-electron chi connectivity index (χ0n) is 15.2. The van der Waals surface area contributed by atoms with Gasteiger partial charge in [-0.2, -0.15) is 5.26 Å². The average molecular weight is 356 g/mol. The number of hydrogen-bond donors (Lipinski definition) is 1. The Morgan fingerprint density at radius 2 is 2.22 bits per heavy atom. The van der Waals surface area contributed by atoms with E-state index in [9.17, 15) is 10.1 Å². The van der Waals surface area contributed by atoms with Crippen molar-refractivity contribution >= 4 is 16.9 Å². The molecule has 0 saturated carbocycles. The van der Waals surface area contributed by atoms with Crippen LogP contribution in [0.3, 0.4) is 0 Å². The first-order valence-electron chi connectivity index (χ1n) is 9.44. The van der Waals surface area contributed by atoms with Crippen molar-refractivity contribution in [1.29, 1.82) is 5.26 Å². The molecule has 3 aromatic rings. The van der Waals surface area contributed by atoms with Crippen molar-refractivity contribution in [1.82, 2.24) is 14.9 Å². The topological polar surface area (TPSA) is 72.8 Å². The van der Waals surface area contributed by atoms with Crippen LogP contribution in [0.4, 0.5) is 0 Å². The summed E-state index contributed by atoms with van der Waals surface area (Å²) in [7, 11) is 0. The van der Waals surface area contributed by atoms with Crippen LogP contribution in [-0.2, 0) is 6.42 Å². The Kier molecular flexibility index (Phi) is 3.54. The summed E-state index contributed by atoms with van der Waals surface area (Å²) in [5.41, 5.74) is 6.91. The number of nitrogens with one attached hydrogen (secondary N) is 1. The average Bonchev–Trinajstić information content (AvgIpc) is 3.31. The molecule has 0 spiro atoms. The third-order valence-corrected chi connectivity index (χ3v) is 6.23. The normalized spacial score (nSPS) is 21.0. The highest BCUT2D eigenvalue weighted by Crippen LogP contribution is 2.44. The van der Waals surface area contributed by atoms with Crippen LogP contribution in [0, 0.1) is 18.3 Å². The van der Waals surface area contributed by atoms with E-state index in [0.717, 1.165) is 48.0 Å². The molecule has 1 aliphatic carbocycles. The summed E-state index contributed by atoms with van der Waals surface area (Å²) < 4.78 is 0. The molecule has 5 rings (SSSR count). The van der Waals surface area contributed by atoms with E-state index in [4.69, 9.17) is 0 Å². The van der Waals surface area contributed by atoms with E-state index in [2.05, 4.69) is 27.0 Å². The fraction of sp³-hybridized carbons (Fsp3) is 0.318. The first-order chi connectivity index (χ1) is 13.2. The Bertz CT molecular complexity index is 1110. The minimum atomic E-state index is 0.0900. The Labute approximate surface area is 157 Å². The Morgan fingerprint density at radius 3 is 3.07 bits per heavy atom. The van der Waals surface area contributed by atoms with Crippen molar-refractivity contribution in [2.75, 3.05) is 6.54 Å². The third-order valence-electron chi connectivity index (χ3n) is 6.23. The first-order valence-corrected chi connectivity index (χ1v) is 9.44. The van der Waals surface area contributed by atoms with Gasteiger partial charge in [0, 0.05) is 24.1 Å². The number of likely N-dealkylation sites (tertiary alicyclic amines) is 1. The van der Waals surface area contributed by atoms with Gasteiger partial charge in [0.05, 0.1) is 29.0 Å². The van der Waals surface area contributed by atoms with E-state index in [1.165, 1.54) is 11.1 Å². The van der Waals surface area contributed by atoms with Crippen LogP contribution in [0.5, 0.6) is 0 Å². The summed E-state index contributed by atoms with van der Waals surface area (Å²) in [5, 5.41) is 9.38. The highest BCUT2D eigenvalue weighted by molar-refractivity contribution is 5.97. The number of nitriles is 1. The van der Waals surface area contributed by atoms with Crippen molar-refractivity contribution in [3.8, 4) is 6.07 Å². The maximum atomic E-state index is 13.3. The van der Waals surface area contributed by atoms with Crippen molar-refractivity contribution in [3.05, 3.63) is 64.5 Å². The lowest BCUT2D eigenvalue weighted by molar-refractivity contribution is 0.0595. The summed E-state index contributed by atoms with van der Waals surface area (Å²) in [6.45, 7) is 2.84. The lowest BCUT2D eigenvalue weighted by Gasteiger charge is -2.38. The van der Waals surface area contributed by atoms with Crippen molar-refractivity contribution in [2.45, 2.75) is 38.1 Å². The van der Waals surface area contributed by atoms with Crippen molar-refractivity contribution in [3.63, 3.8) is 0 Å². The lowest BCUT2D eigenvalue weighted by Crippen LogP contribution is -2.46. The number of benzene rings is 2. The van der Waals surface area contributed by atoms with E-state index in [1.807, 2.05) is 31.2 Å². The second-order valence-electron chi connectivity index (χ2n) is 7.58.